The molecule has 0 aliphatic carbocycles. The predicted molar refractivity (Wildman–Crippen MR) is 156 cm³/mol. The van der Waals surface area contributed by atoms with Crippen LogP contribution in [0.3, 0.4) is 0 Å². The standard InChI is InChI=1S/C27H50FN7O4S/c1-4-19(2)5-6-21(28)17-32-20(3)25(26(29)30)27(36)33-23-18-31-10-7-24(23)34-11-13-35(14-12-34)40(37,38)22-8-15-39-16-9-22/h6,17,19-20,22-26,31H,4-5,7-16,18,29-30H2,1-3H3,(H,33,36)/b21-6+,32-17-. The highest BCUT2D eigenvalue weighted by Gasteiger charge is 2.39. The van der Waals surface area contributed by atoms with Crippen LogP contribution < -0.4 is 22.1 Å². The number of allylic oxidation sites excluding steroid dienone is 2. The number of hydrogen-bond donors (Lipinski definition) is 4. The maximum absolute atomic E-state index is 14.3. The van der Waals surface area contributed by atoms with Crippen molar-refractivity contribution in [3.8, 4) is 0 Å². The zero-order valence-corrected chi connectivity index (χ0v) is 25.1. The molecule has 5 unspecified atom stereocenters. The Balaban J connectivity index is 1.59. The summed E-state index contributed by atoms with van der Waals surface area (Å²) in [6, 6.07) is -0.770. The number of ether oxygens (including phenoxy) is 1. The number of halogens is 1. The van der Waals surface area contributed by atoms with Gasteiger partial charge in [-0.25, -0.2) is 12.8 Å². The van der Waals surface area contributed by atoms with Crippen LogP contribution in [0, 0.1) is 11.8 Å². The zero-order chi connectivity index (χ0) is 29.3. The summed E-state index contributed by atoms with van der Waals surface area (Å²) in [4.78, 5) is 19.9. The largest absolute Gasteiger partial charge is 0.381 e. The summed E-state index contributed by atoms with van der Waals surface area (Å²) in [6.07, 6.45) is 5.17. The second-order valence-electron chi connectivity index (χ2n) is 11.4. The smallest absolute Gasteiger partial charge is 0.228 e. The molecular formula is C27H50FN7O4S. The van der Waals surface area contributed by atoms with Gasteiger partial charge >= 0.3 is 0 Å². The van der Waals surface area contributed by atoms with Crippen LogP contribution >= 0.6 is 0 Å². The van der Waals surface area contributed by atoms with Gasteiger partial charge in [0.15, 0.2) is 0 Å². The number of carbonyl (C=O) groups excluding carboxylic acids is 1. The van der Waals surface area contributed by atoms with Gasteiger partial charge in [0.05, 0.1) is 35.6 Å². The van der Waals surface area contributed by atoms with E-state index in [1.807, 2.05) is 0 Å². The lowest BCUT2D eigenvalue weighted by molar-refractivity contribution is -0.127. The molecule has 3 fully saturated rings. The number of sulfonamides is 1. The van der Waals surface area contributed by atoms with Crippen LogP contribution in [0.4, 0.5) is 4.39 Å². The monoisotopic (exact) mass is 587 g/mol. The molecule has 0 spiro atoms. The molecule has 0 aromatic heterocycles. The van der Waals surface area contributed by atoms with Gasteiger partial charge in [-0.05, 0) is 51.1 Å². The molecule has 3 aliphatic heterocycles. The zero-order valence-electron chi connectivity index (χ0n) is 24.3. The van der Waals surface area contributed by atoms with Gasteiger partial charge in [0.2, 0.25) is 15.9 Å². The first-order chi connectivity index (χ1) is 19.0. The van der Waals surface area contributed by atoms with Gasteiger partial charge in [0.25, 0.3) is 0 Å². The van der Waals surface area contributed by atoms with E-state index in [0.29, 0.717) is 71.1 Å². The first-order valence-corrected chi connectivity index (χ1v) is 16.3. The van der Waals surface area contributed by atoms with Crippen molar-refractivity contribution in [3.63, 3.8) is 0 Å². The van der Waals surface area contributed by atoms with Crippen LogP contribution in [-0.2, 0) is 19.6 Å². The minimum atomic E-state index is -3.35. The highest BCUT2D eigenvalue weighted by atomic mass is 32.2. The number of nitrogens with two attached hydrogens (primary N) is 2. The Morgan fingerprint density at radius 3 is 2.48 bits per heavy atom. The van der Waals surface area contributed by atoms with E-state index in [4.69, 9.17) is 16.2 Å². The molecule has 230 valence electrons. The Hall–Kier alpha value is -1.48. The van der Waals surface area contributed by atoms with Gasteiger partial charge in [-0.3, -0.25) is 14.7 Å². The molecule has 3 saturated heterocycles. The van der Waals surface area contributed by atoms with Crippen LogP contribution in [0.15, 0.2) is 16.9 Å². The Bertz CT molecular complexity index is 966. The Labute approximate surface area is 239 Å². The van der Waals surface area contributed by atoms with Gasteiger partial charge in [-0.1, -0.05) is 20.3 Å². The first-order valence-electron chi connectivity index (χ1n) is 14.8. The molecule has 0 radical (unpaired) electrons. The molecule has 13 heteroatoms. The summed E-state index contributed by atoms with van der Waals surface area (Å²) in [5, 5.41) is 6.10. The Morgan fingerprint density at radius 1 is 1.18 bits per heavy atom. The highest BCUT2D eigenvalue weighted by Crippen LogP contribution is 2.23. The number of aliphatic imine (C=N–C) groups is 1. The third-order valence-electron chi connectivity index (χ3n) is 8.55. The summed E-state index contributed by atoms with van der Waals surface area (Å²) >= 11 is 0. The van der Waals surface area contributed by atoms with E-state index in [1.54, 1.807) is 11.2 Å². The van der Waals surface area contributed by atoms with E-state index in [1.165, 1.54) is 6.08 Å². The van der Waals surface area contributed by atoms with Crippen LogP contribution in [0.1, 0.15) is 52.9 Å². The van der Waals surface area contributed by atoms with E-state index in [-0.39, 0.29) is 23.2 Å². The average molecular weight is 588 g/mol. The van der Waals surface area contributed by atoms with Gasteiger partial charge in [0.1, 0.15) is 5.83 Å². The molecule has 0 aromatic rings. The first kappa shape index (κ1) is 33.0. The van der Waals surface area contributed by atoms with E-state index in [2.05, 4.69) is 34.4 Å². The summed E-state index contributed by atoms with van der Waals surface area (Å²) in [7, 11) is -3.35. The van der Waals surface area contributed by atoms with Crippen molar-refractivity contribution in [1.29, 1.82) is 0 Å². The molecule has 11 nitrogen and oxygen atoms in total. The Morgan fingerprint density at radius 2 is 1.85 bits per heavy atom. The number of rotatable bonds is 12. The minimum Gasteiger partial charge on any atom is -0.381 e. The summed E-state index contributed by atoms with van der Waals surface area (Å²) in [5.41, 5.74) is 12.0. The van der Waals surface area contributed by atoms with Crippen molar-refractivity contribution in [1.82, 2.24) is 19.8 Å². The van der Waals surface area contributed by atoms with Crippen LogP contribution in [0.2, 0.25) is 0 Å². The van der Waals surface area contributed by atoms with Gasteiger partial charge < -0.3 is 26.8 Å². The summed E-state index contributed by atoms with van der Waals surface area (Å²) in [5.74, 6) is -1.21. The molecule has 3 heterocycles. The van der Waals surface area contributed by atoms with Crippen molar-refractivity contribution in [2.45, 2.75) is 82.4 Å². The number of piperazine rings is 1. The minimum absolute atomic E-state index is 0.0486. The molecule has 0 aromatic carbocycles. The van der Waals surface area contributed by atoms with E-state index < -0.39 is 34.0 Å². The van der Waals surface area contributed by atoms with Crippen molar-refractivity contribution < 1.29 is 22.3 Å². The topological polar surface area (TPSA) is 155 Å². The summed E-state index contributed by atoms with van der Waals surface area (Å²) in [6.45, 7) is 10.3. The van der Waals surface area contributed by atoms with Crippen molar-refractivity contribution in [2.75, 3.05) is 52.5 Å². The number of nitrogens with zero attached hydrogens (tertiary/aromatic N) is 3. The number of nitrogens with one attached hydrogen (secondary N) is 2. The normalized spacial score (nSPS) is 27.1. The fraction of sp³-hybridized carbons (Fsp3) is 0.852. The van der Waals surface area contributed by atoms with E-state index in [9.17, 15) is 17.6 Å². The van der Waals surface area contributed by atoms with Crippen molar-refractivity contribution in [2.24, 2.45) is 28.3 Å². The van der Waals surface area contributed by atoms with Gasteiger partial charge in [-0.2, -0.15) is 4.31 Å². The van der Waals surface area contributed by atoms with Crippen LogP contribution in [0.25, 0.3) is 0 Å². The molecular weight excluding hydrogens is 537 g/mol. The third-order valence-corrected chi connectivity index (χ3v) is 10.9. The molecule has 1 amide bonds. The lowest BCUT2D eigenvalue weighted by Crippen LogP contribution is -2.65. The lowest BCUT2D eigenvalue weighted by Gasteiger charge is -2.45. The second kappa shape index (κ2) is 15.7. The van der Waals surface area contributed by atoms with Gasteiger partial charge in [-0.15, -0.1) is 0 Å². The summed E-state index contributed by atoms with van der Waals surface area (Å²) < 4.78 is 47.5. The molecule has 0 saturated carbocycles. The molecule has 5 atom stereocenters. The fourth-order valence-electron chi connectivity index (χ4n) is 5.71. The van der Waals surface area contributed by atoms with E-state index in [0.717, 1.165) is 25.6 Å². The van der Waals surface area contributed by atoms with Crippen LogP contribution in [0.5, 0.6) is 0 Å². The molecule has 40 heavy (non-hydrogen) atoms. The number of amides is 1. The fourth-order valence-corrected chi connectivity index (χ4v) is 7.59. The second-order valence-corrected chi connectivity index (χ2v) is 13.6. The molecule has 0 bridgehead atoms. The van der Waals surface area contributed by atoms with Crippen molar-refractivity contribution >= 4 is 22.1 Å². The third kappa shape index (κ3) is 9.01. The average Bonchev–Trinajstić information content (AvgIpc) is 2.95. The highest BCUT2D eigenvalue weighted by molar-refractivity contribution is 7.89. The number of piperidine rings is 1. The van der Waals surface area contributed by atoms with Crippen LogP contribution in [-0.4, -0.2) is 112 Å². The van der Waals surface area contributed by atoms with Gasteiger partial charge in [0, 0.05) is 52.0 Å². The predicted octanol–water partition coefficient (Wildman–Crippen LogP) is 0.568. The quantitative estimate of drug-likeness (QED) is 0.191. The lowest BCUT2D eigenvalue weighted by atomic mass is 9.94. The maximum atomic E-state index is 14.3. The number of carbonyl (C=O) groups is 1. The van der Waals surface area contributed by atoms with E-state index >= 15 is 0 Å². The maximum Gasteiger partial charge on any atom is 0.228 e. The van der Waals surface area contributed by atoms with Crippen molar-refractivity contribution in [3.05, 3.63) is 11.9 Å². The molecule has 3 rings (SSSR count). The molecule has 3 aliphatic rings. The Kier molecular flexibility index (Phi) is 12.9. The molecule has 6 N–H and O–H groups in total. The SMILES string of the molecule is CCC(C)C/C=C(F)\C=N/C(C)C(C(=O)NC1CNCCC1N1CCN(S(=O)(=O)C2CCOCC2)CC1)C(N)N. The number of hydrogen-bond acceptors (Lipinski definition) is 9.